The van der Waals surface area contributed by atoms with Crippen LogP contribution in [0.3, 0.4) is 0 Å². The summed E-state index contributed by atoms with van der Waals surface area (Å²) in [5.41, 5.74) is 15.7. The molecule has 1 aliphatic rings. The maximum atomic E-state index is 6.10. The summed E-state index contributed by atoms with van der Waals surface area (Å²) >= 11 is 0. The lowest BCUT2D eigenvalue weighted by Crippen LogP contribution is -2.12. The number of hydrogen-bond acceptors (Lipinski definition) is 3. The first-order valence-electron chi connectivity index (χ1n) is 5.08. The lowest BCUT2D eigenvalue weighted by molar-refractivity contribution is 0.287. The number of nitrogens with two attached hydrogens (primary N) is 2. The Labute approximate surface area is 89.7 Å². The molecule has 0 spiro atoms. The highest BCUT2D eigenvalue weighted by molar-refractivity contribution is 5.72. The van der Waals surface area contributed by atoms with Gasteiger partial charge in [0.05, 0.1) is 0 Å². The average Bonchev–Trinajstić information content (AvgIpc) is 2.61. The summed E-state index contributed by atoms with van der Waals surface area (Å²) in [6, 6.07) is 4.04. The van der Waals surface area contributed by atoms with Crippen LogP contribution in [0.25, 0.3) is 5.76 Å². The smallest absolute Gasteiger partial charge is 0.120 e. The third-order valence-corrected chi connectivity index (χ3v) is 2.97. The zero-order chi connectivity index (χ0) is 11.0. The fraction of sp³-hybridized carbons (Fsp3) is 0.333. The van der Waals surface area contributed by atoms with E-state index in [4.69, 9.17) is 16.2 Å². The molecule has 1 aliphatic heterocycles. The number of benzene rings is 1. The van der Waals surface area contributed by atoms with Gasteiger partial charge in [-0.3, -0.25) is 0 Å². The minimum absolute atomic E-state index is 0.282. The van der Waals surface area contributed by atoms with E-state index in [1.165, 1.54) is 0 Å². The van der Waals surface area contributed by atoms with Gasteiger partial charge in [-0.05, 0) is 18.0 Å². The van der Waals surface area contributed by atoms with E-state index >= 15 is 0 Å². The van der Waals surface area contributed by atoms with Crippen LogP contribution in [-0.2, 0) is 11.3 Å². The van der Waals surface area contributed by atoms with Gasteiger partial charge in [0.1, 0.15) is 12.4 Å². The maximum Gasteiger partial charge on any atom is 0.120 e. The van der Waals surface area contributed by atoms with E-state index in [1.807, 2.05) is 12.1 Å². The summed E-state index contributed by atoms with van der Waals surface area (Å²) in [5.74, 6) is 0.993. The van der Waals surface area contributed by atoms with Crippen LogP contribution in [0, 0.1) is 0 Å². The predicted molar refractivity (Wildman–Crippen MR) is 62.1 cm³/mol. The van der Waals surface area contributed by atoms with Crippen molar-refractivity contribution >= 4 is 11.4 Å². The van der Waals surface area contributed by atoms with Crippen molar-refractivity contribution < 1.29 is 4.74 Å². The molecule has 0 radical (unpaired) electrons. The van der Waals surface area contributed by atoms with Crippen molar-refractivity contribution in [2.75, 3.05) is 12.3 Å². The Morgan fingerprint density at radius 1 is 1.53 bits per heavy atom. The molecule has 3 nitrogen and oxygen atoms in total. The van der Waals surface area contributed by atoms with Gasteiger partial charge in [-0.2, -0.15) is 0 Å². The maximum absolute atomic E-state index is 6.10. The number of ether oxygens (including phenoxy) is 1. The fourth-order valence-corrected chi connectivity index (χ4v) is 1.89. The second kappa shape index (κ2) is 3.59. The molecule has 0 aromatic heterocycles. The van der Waals surface area contributed by atoms with Gasteiger partial charge < -0.3 is 16.2 Å². The molecule has 1 aromatic carbocycles. The standard InChI is InChI=1S/C12H16N2O/c1-7(5-13)9-3-4-10-8(2)15-6-11(10)12(9)14/h3-4,7H,2,5-6,13-14H2,1H3/t7-/m1/s1. The highest BCUT2D eigenvalue weighted by Gasteiger charge is 2.21. The molecule has 15 heavy (non-hydrogen) atoms. The molecule has 0 amide bonds. The molecule has 3 heteroatoms. The van der Waals surface area contributed by atoms with Gasteiger partial charge in [0.25, 0.3) is 0 Å². The molecule has 80 valence electrons. The molecular formula is C12H16N2O. The van der Waals surface area contributed by atoms with Gasteiger partial charge in [0.2, 0.25) is 0 Å². The third-order valence-electron chi connectivity index (χ3n) is 2.97. The van der Waals surface area contributed by atoms with Crippen molar-refractivity contribution in [1.29, 1.82) is 0 Å². The van der Waals surface area contributed by atoms with Crippen molar-refractivity contribution in [3.63, 3.8) is 0 Å². The molecule has 1 aromatic rings. The Hall–Kier alpha value is -1.48. The third kappa shape index (κ3) is 1.49. The van der Waals surface area contributed by atoms with Crippen LogP contribution < -0.4 is 11.5 Å². The summed E-state index contributed by atoms with van der Waals surface area (Å²) in [6.45, 7) is 7.04. The Morgan fingerprint density at radius 2 is 2.27 bits per heavy atom. The number of fused-ring (bicyclic) bond motifs is 1. The van der Waals surface area contributed by atoms with Crippen molar-refractivity contribution in [3.8, 4) is 0 Å². The second-order valence-electron chi connectivity index (χ2n) is 3.94. The molecule has 1 atom stereocenters. The first-order valence-corrected chi connectivity index (χ1v) is 5.08. The van der Waals surface area contributed by atoms with E-state index in [-0.39, 0.29) is 5.92 Å². The molecule has 1 heterocycles. The van der Waals surface area contributed by atoms with Crippen molar-refractivity contribution in [2.24, 2.45) is 5.73 Å². The lowest BCUT2D eigenvalue weighted by atomic mass is 9.94. The summed E-state index contributed by atoms with van der Waals surface area (Å²) in [7, 11) is 0. The molecule has 0 unspecified atom stereocenters. The van der Waals surface area contributed by atoms with E-state index in [9.17, 15) is 0 Å². The van der Waals surface area contributed by atoms with Gasteiger partial charge in [-0.25, -0.2) is 0 Å². The van der Waals surface area contributed by atoms with Crippen LogP contribution in [0.4, 0.5) is 5.69 Å². The molecule has 2 rings (SSSR count). The molecule has 4 N–H and O–H groups in total. The van der Waals surface area contributed by atoms with Gasteiger partial charge in [-0.1, -0.05) is 25.6 Å². The number of hydrogen-bond donors (Lipinski definition) is 2. The SMILES string of the molecule is C=C1OCc2c1ccc([C@H](C)CN)c2N. The number of anilines is 1. The number of rotatable bonds is 2. The molecule has 0 bridgehead atoms. The van der Waals surface area contributed by atoms with Crippen LogP contribution >= 0.6 is 0 Å². The van der Waals surface area contributed by atoms with E-state index < -0.39 is 0 Å². The normalized spacial score (nSPS) is 16.0. The zero-order valence-electron chi connectivity index (χ0n) is 8.92. The molecular weight excluding hydrogens is 188 g/mol. The fourth-order valence-electron chi connectivity index (χ4n) is 1.89. The van der Waals surface area contributed by atoms with Crippen LogP contribution in [0.5, 0.6) is 0 Å². The molecule has 0 saturated carbocycles. The first-order chi connectivity index (χ1) is 7.15. The Kier molecular flexibility index (Phi) is 2.40. The molecule has 0 fully saturated rings. The van der Waals surface area contributed by atoms with Crippen LogP contribution in [0.2, 0.25) is 0 Å². The Balaban J connectivity index is 2.51. The Morgan fingerprint density at radius 3 is 2.93 bits per heavy atom. The topological polar surface area (TPSA) is 61.3 Å². The summed E-state index contributed by atoms with van der Waals surface area (Å²) in [5, 5.41) is 0. The van der Waals surface area contributed by atoms with Gasteiger partial charge in [-0.15, -0.1) is 0 Å². The van der Waals surface area contributed by atoms with E-state index in [0.29, 0.717) is 18.9 Å². The molecule has 0 saturated heterocycles. The van der Waals surface area contributed by atoms with Gasteiger partial charge >= 0.3 is 0 Å². The Bertz CT molecular complexity index is 412. The van der Waals surface area contributed by atoms with Gasteiger partial charge in [0, 0.05) is 16.8 Å². The minimum Gasteiger partial charge on any atom is -0.489 e. The second-order valence-corrected chi connectivity index (χ2v) is 3.94. The minimum atomic E-state index is 0.282. The highest BCUT2D eigenvalue weighted by atomic mass is 16.5. The van der Waals surface area contributed by atoms with Crippen LogP contribution in [0.15, 0.2) is 18.7 Å². The predicted octanol–water partition coefficient (Wildman–Crippen LogP) is 1.83. The summed E-state index contributed by atoms with van der Waals surface area (Å²) in [6.07, 6.45) is 0. The zero-order valence-corrected chi connectivity index (χ0v) is 8.92. The summed E-state index contributed by atoms with van der Waals surface area (Å²) in [4.78, 5) is 0. The highest BCUT2D eigenvalue weighted by Crippen LogP contribution is 2.36. The van der Waals surface area contributed by atoms with Gasteiger partial charge in [0.15, 0.2) is 0 Å². The number of nitrogen functional groups attached to an aromatic ring is 1. The monoisotopic (exact) mass is 204 g/mol. The van der Waals surface area contributed by atoms with Crippen LogP contribution in [-0.4, -0.2) is 6.54 Å². The quantitative estimate of drug-likeness (QED) is 0.722. The van der Waals surface area contributed by atoms with Crippen molar-refractivity contribution in [1.82, 2.24) is 0 Å². The largest absolute Gasteiger partial charge is 0.489 e. The average molecular weight is 204 g/mol. The van der Waals surface area contributed by atoms with Crippen molar-refractivity contribution in [3.05, 3.63) is 35.4 Å². The molecule has 0 aliphatic carbocycles. The lowest BCUT2D eigenvalue weighted by Gasteiger charge is -2.14. The van der Waals surface area contributed by atoms with E-state index in [2.05, 4.69) is 13.5 Å². The van der Waals surface area contributed by atoms with E-state index in [0.717, 1.165) is 22.4 Å². The van der Waals surface area contributed by atoms with Crippen molar-refractivity contribution in [2.45, 2.75) is 19.4 Å². The van der Waals surface area contributed by atoms with E-state index in [1.54, 1.807) is 0 Å². The first kappa shape index (κ1) is 10.1. The summed E-state index contributed by atoms with van der Waals surface area (Å²) < 4.78 is 5.37. The van der Waals surface area contributed by atoms with Crippen LogP contribution in [0.1, 0.15) is 29.5 Å².